The number of carbonyl (C=O) groups is 2. The quantitative estimate of drug-likeness (QED) is 0.718. The van der Waals surface area contributed by atoms with Crippen LogP contribution >= 0.6 is 0 Å². The van der Waals surface area contributed by atoms with Crippen molar-refractivity contribution in [2.75, 3.05) is 44.3 Å². The molecule has 1 aliphatic carbocycles. The lowest BCUT2D eigenvalue weighted by molar-refractivity contribution is -0.134. The van der Waals surface area contributed by atoms with E-state index in [0.29, 0.717) is 25.1 Å². The van der Waals surface area contributed by atoms with Gasteiger partial charge in [0.05, 0.1) is 30.7 Å². The summed E-state index contributed by atoms with van der Waals surface area (Å²) in [6.45, 7) is 4.39. The van der Waals surface area contributed by atoms with Gasteiger partial charge >= 0.3 is 5.97 Å². The third kappa shape index (κ3) is 2.88. The largest absolute Gasteiger partial charge is 0.449 e. The number of morpholine rings is 1. The molecule has 2 aromatic rings. The molecule has 2 saturated heterocycles. The maximum atomic E-state index is 13.6. The van der Waals surface area contributed by atoms with Crippen LogP contribution in [0.2, 0.25) is 0 Å². The van der Waals surface area contributed by atoms with Crippen LogP contribution in [0.25, 0.3) is 0 Å². The molecule has 0 unspecified atom stereocenters. The van der Waals surface area contributed by atoms with E-state index < -0.39 is 11.0 Å². The van der Waals surface area contributed by atoms with Gasteiger partial charge in [0, 0.05) is 37.3 Å². The standard InChI is InChI=1S/C25H26N2O4/c28-22-20-3-1-2-4-21(20)25(31-22)11-12-27(17-25)23(29)24(9-10-24)18-5-7-19(8-6-18)26-13-15-30-16-14-26/h1-8H,9-17H2/t25-/m0/s1. The molecule has 160 valence electrons. The summed E-state index contributed by atoms with van der Waals surface area (Å²) < 4.78 is 11.3. The molecule has 6 heteroatoms. The van der Waals surface area contributed by atoms with Crippen LogP contribution in [0.1, 0.15) is 40.7 Å². The van der Waals surface area contributed by atoms with Gasteiger partial charge in [0.15, 0.2) is 5.60 Å². The van der Waals surface area contributed by atoms with Gasteiger partial charge < -0.3 is 19.3 Å². The fourth-order valence-electron chi connectivity index (χ4n) is 5.47. The number of likely N-dealkylation sites (tertiary alicyclic amines) is 1. The number of anilines is 1. The molecule has 3 fully saturated rings. The molecule has 0 aromatic heterocycles. The maximum absolute atomic E-state index is 13.6. The van der Waals surface area contributed by atoms with Gasteiger partial charge in [-0.25, -0.2) is 4.79 Å². The molecule has 3 heterocycles. The van der Waals surface area contributed by atoms with Crippen molar-refractivity contribution in [1.29, 1.82) is 0 Å². The second-order valence-corrected chi connectivity index (χ2v) is 9.13. The van der Waals surface area contributed by atoms with E-state index in [2.05, 4.69) is 29.2 Å². The zero-order chi connectivity index (χ0) is 21.1. The highest BCUT2D eigenvalue weighted by molar-refractivity contribution is 5.96. The Labute approximate surface area is 181 Å². The van der Waals surface area contributed by atoms with Crippen molar-refractivity contribution in [2.45, 2.75) is 30.3 Å². The van der Waals surface area contributed by atoms with Crippen molar-refractivity contribution >= 4 is 17.6 Å². The Morgan fingerprint density at radius 2 is 1.65 bits per heavy atom. The molecule has 4 aliphatic rings. The molecule has 3 aliphatic heterocycles. The molecular weight excluding hydrogens is 392 g/mol. The van der Waals surface area contributed by atoms with E-state index in [4.69, 9.17) is 9.47 Å². The number of benzene rings is 2. The van der Waals surface area contributed by atoms with Crippen LogP contribution in [-0.4, -0.2) is 56.2 Å². The lowest BCUT2D eigenvalue weighted by atomic mass is 9.91. The Morgan fingerprint density at radius 3 is 2.39 bits per heavy atom. The van der Waals surface area contributed by atoms with E-state index in [0.717, 1.165) is 50.3 Å². The molecule has 0 radical (unpaired) electrons. The van der Waals surface area contributed by atoms with Gasteiger partial charge in [-0.1, -0.05) is 30.3 Å². The minimum atomic E-state index is -0.681. The smallest absolute Gasteiger partial charge is 0.339 e. The van der Waals surface area contributed by atoms with Crippen LogP contribution in [0.3, 0.4) is 0 Å². The molecule has 2 aromatic carbocycles. The Morgan fingerprint density at radius 1 is 0.903 bits per heavy atom. The second-order valence-electron chi connectivity index (χ2n) is 9.13. The minimum Gasteiger partial charge on any atom is -0.449 e. The van der Waals surface area contributed by atoms with E-state index in [1.807, 2.05) is 29.2 Å². The number of rotatable bonds is 3. The highest BCUT2D eigenvalue weighted by Crippen LogP contribution is 2.52. The third-order valence-electron chi connectivity index (χ3n) is 7.40. The fourth-order valence-corrected chi connectivity index (χ4v) is 5.47. The molecule has 0 N–H and O–H groups in total. The van der Waals surface area contributed by atoms with E-state index >= 15 is 0 Å². The molecule has 1 amide bonds. The maximum Gasteiger partial charge on any atom is 0.339 e. The minimum absolute atomic E-state index is 0.170. The number of carbonyl (C=O) groups excluding carboxylic acids is 2. The Balaban J connectivity index is 1.21. The third-order valence-corrected chi connectivity index (χ3v) is 7.40. The zero-order valence-electron chi connectivity index (χ0n) is 17.5. The number of fused-ring (bicyclic) bond motifs is 2. The van der Waals surface area contributed by atoms with E-state index in [9.17, 15) is 9.59 Å². The van der Waals surface area contributed by atoms with Crippen molar-refractivity contribution in [2.24, 2.45) is 0 Å². The Bertz CT molecular complexity index is 1040. The average molecular weight is 418 g/mol. The van der Waals surface area contributed by atoms with E-state index in [1.54, 1.807) is 0 Å². The average Bonchev–Trinajstić information content (AvgIpc) is 3.46. The van der Waals surface area contributed by atoms with Gasteiger partial charge in [-0.05, 0) is 36.6 Å². The van der Waals surface area contributed by atoms with Crippen molar-refractivity contribution in [3.8, 4) is 0 Å². The highest BCUT2D eigenvalue weighted by atomic mass is 16.6. The number of nitrogens with zero attached hydrogens (tertiary/aromatic N) is 2. The van der Waals surface area contributed by atoms with Gasteiger partial charge in [-0.2, -0.15) is 0 Å². The topological polar surface area (TPSA) is 59.1 Å². The van der Waals surface area contributed by atoms with Crippen LogP contribution < -0.4 is 4.90 Å². The van der Waals surface area contributed by atoms with Gasteiger partial charge in [0.25, 0.3) is 0 Å². The number of ether oxygens (including phenoxy) is 2. The van der Waals surface area contributed by atoms with Gasteiger partial charge in [0.2, 0.25) is 5.91 Å². The molecule has 6 rings (SSSR count). The van der Waals surface area contributed by atoms with E-state index in [-0.39, 0.29) is 11.9 Å². The van der Waals surface area contributed by atoms with Crippen molar-refractivity contribution < 1.29 is 19.1 Å². The summed E-state index contributed by atoms with van der Waals surface area (Å²) >= 11 is 0. The summed E-state index contributed by atoms with van der Waals surface area (Å²) in [4.78, 5) is 30.2. The SMILES string of the molecule is O=C1O[C@]2(CCN(C(=O)C3(c4ccc(N5CCOCC5)cc4)CC3)C2)c2ccccc21. The highest BCUT2D eigenvalue weighted by Gasteiger charge is 2.57. The number of hydrogen-bond acceptors (Lipinski definition) is 5. The summed E-state index contributed by atoms with van der Waals surface area (Å²) in [5.74, 6) is -0.103. The van der Waals surface area contributed by atoms with Gasteiger partial charge in [-0.15, -0.1) is 0 Å². The molecule has 1 spiro atoms. The first-order valence-corrected chi connectivity index (χ1v) is 11.2. The first-order chi connectivity index (χ1) is 15.1. The molecular formula is C25H26N2O4. The summed E-state index contributed by atoms with van der Waals surface area (Å²) in [5, 5.41) is 0. The molecule has 1 atom stereocenters. The summed E-state index contributed by atoms with van der Waals surface area (Å²) in [6.07, 6.45) is 2.42. The summed E-state index contributed by atoms with van der Waals surface area (Å²) in [7, 11) is 0. The van der Waals surface area contributed by atoms with Crippen molar-refractivity contribution in [3.63, 3.8) is 0 Å². The first kappa shape index (κ1) is 18.9. The molecule has 31 heavy (non-hydrogen) atoms. The van der Waals surface area contributed by atoms with Crippen LogP contribution in [0, 0.1) is 0 Å². The molecule has 0 bridgehead atoms. The van der Waals surface area contributed by atoms with Gasteiger partial charge in [-0.3, -0.25) is 4.79 Å². The Hall–Kier alpha value is -2.86. The van der Waals surface area contributed by atoms with Crippen molar-refractivity contribution in [3.05, 3.63) is 65.2 Å². The lowest BCUT2D eigenvalue weighted by Crippen LogP contribution is -2.40. The summed E-state index contributed by atoms with van der Waals surface area (Å²) in [5.41, 5.74) is 2.74. The second kappa shape index (κ2) is 6.82. The monoisotopic (exact) mass is 418 g/mol. The first-order valence-electron chi connectivity index (χ1n) is 11.2. The van der Waals surface area contributed by atoms with Crippen molar-refractivity contribution in [1.82, 2.24) is 4.90 Å². The molecule has 1 saturated carbocycles. The number of amides is 1. The fraction of sp³-hybridized carbons (Fsp3) is 0.440. The predicted octanol–water partition coefficient (Wildman–Crippen LogP) is 2.85. The van der Waals surface area contributed by atoms with Crippen LogP contribution in [0.15, 0.2) is 48.5 Å². The Kier molecular flexibility index (Phi) is 4.15. The van der Waals surface area contributed by atoms with E-state index in [1.165, 1.54) is 5.69 Å². The lowest BCUT2D eigenvalue weighted by Gasteiger charge is -2.29. The number of esters is 1. The van der Waals surface area contributed by atoms with Crippen LogP contribution in [-0.2, 0) is 25.3 Å². The zero-order valence-corrected chi connectivity index (χ0v) is 17.5. The van der Waals surface area contributed by atoms with Crippen LogP contribution in [0.4, 0.5) is 5.69 Å². The molecule has 6 nitrogen and oxygen atoms in total. The number of hydrogen-bond donors (Lipinski definition) is 0. The van der Waals surface area contributed by atoms with Crippen LogP contribution in [0.5, 0.6) is 0 Å². The van der Waals surface area contributed by atoms with Gasteiger partial charge in [0.1, 0.15) is 0 Å². The summed E-state index contributed by atoms with van der Waals surface area (Å²) in [6, 6.07) is 16.1. The normalized spacial score (nSPS) is 26.1. The predicted molar refractivity (Wildman–Crippen MR) is 115 cm³/mol.